The van der Waals surface area contributed by atoms with Gasteiger partial charge in [-0.05, 0) is 69.1 Å². The first-order valence-electron chi connectivity index (χ1n) is 7.83. The summed E-state index contributed by atoms with van der Waals surface area (Å²) in [5, 5.41) is 0. The molecule has 2 N–H and O–H groups in total. The molecule has 0 bridgehead atoms. The summed E-state index contributed by atoms with van der Waals surface area (Å²) in [5.74, 6) is 0. The van der Waals surface area contributed by atoms with Crippen molar-refractivity contribution in [2.45, 2.75) is 66.2 Å². The number of hydrogen-bond acceptors (Lipinski definition) is 2. The standard InChI is InChI=1S/C16H34N2/c1-5-16(4)9-13-18(14-10-16)12-6-7-15(2,3)8-11-17/h5-14,17H2,1-4H3. The second kappa shape index (κ2) is 6.91. The first-order chi connectivity index (χ1) is 8.41. The molecule has 0 unspecified atom stereocenters. The maximum atomic E-state index is 5.66. The van der Waals surface area contributed by atoms with E-state index in [2.05, 4.69) is 32.6 Å². The van der Waals surface area contributed by atoms with E-state index in [1.807, 2.05) is 0 Å². The van der Waals surface area contributed by atoms with Crippen molar-refractivity contribution in [2.24, 2.45) is 16.6 Å². The van der Waals surface area contributed by atoms with Crippen LogP contribution in [0.3, 0.4) is 0 Å². The Morgan fingerprint density at radius 2 is 1.78 bits per heavy atom. The smallest absolute Gasteiger partial charge is 0.00135 e. The van der Waals surface area contributed by atoms with Gasteiger partial charge in [0.25, 0.3) is 0 Å². The SMILES string of the molecule is CCC1(C)CCN(CCCC(C)(C)CCN)CC1. The Bertz CT molecular complexity index is 227. The molecule has 108 valence electrons. The van der Waals surface area contributed by atoms with E-state index in [4.69, 9.17) is 5.73 Å². The van der Waals surface area contributed by atoms with Crippen molar-refractivity contribution < 1.29 is 0 Å². The summed E-state index contributed by atoms with van der Waals surface area (Å²) < 4.78 is 0. The molecule has 2 nitrogen and oxygen atoms in total. The lowest BCUT2D eigenvalue weighted by molar-refractivity contribution is 0.110. The zero-order chi connectivity index (χ0) is 13.6. The van der Waals surface area contributed by atoms with Crippen molar-refractivity contribution in [2.75, 3.05) is 26.2 Å². The molecule has 2 heteroatoms. The number of hydrogen-bond donors (Lipinski definition) is 1. The van der Waals surface area contributed by atoms with E-state index in [1.165, 1.54) is 51.7 Å². The predicted octanol–water partition coefficient (Wildman–Crippen LogP) is 3.65. The summed E-state index contributed by atoms with van der Waals surface area (Å²) in [6.07, 6.45) is 7.90. The third kappa shape index (κ3) is 5.27. The average molecular weight is 254 g/mol. The van der Waals surface area contributed by atoms with Gasteiger partial charge in [-0.15, -0.1) is 0 Å². The summed E-state index contributed by atoms with van der Waals surface area (Å²) in [7, 11) is 0. The van der Waals surface area contributed by atoms with Gasteiger partial charge in [-0.2, -0.15) is 0 Å². The Labute approximate surface area is 114 Å². The Kier molecular flexibility index (Phi) is 6.13. The average Bonchev–Trinajstić information content (AvgIpc) is 2.32. The maximum Gasteiger partial charge on any atom is -0.00135 e. The Morgan fingerprint density at radius 3 is 2.28 bits per heavy atom. The van der Waals surface area contributed by atoms with E-state index in [9.17, 15) is 0 Å². The topological polar surface area (TPSA) is 29.3 Å². The molecule has 0 spiro atoms. The van der Waals surface area contributed by atoms with Crippen LogP contribution in [0.15, 0.2) is 0 Å². The fraction of sp³-hybridized carbons (Fsp3) is 1.00. The fourth-order valence-electron chi connectivity index (χ4n) is 2.97. The second-order valence-electron chi connectivity index (χ2n) is 7.31. The number of nitrogens with zero attached hydrogens (tertiary/aromatic N) is 1. The second-order valence-corrected chi connectivity index (χ2v) is 7.31. The van der Waals surface area contributed by atoms with Gasteiger partial charge in [-0.1, -0.05) is 34.1 Å². The number of nitrogens with two attached hydrogens (primary N) is 1. The molecule has 1 fully saturated rings. The highest BCUT2D eigenvalue weighted by atomic mass is 15.1. The summed E-state index contributed by atoms with van der Waals surface area (Å²) >= 11 is 0. The van der Waals surface area contributed by atoms with Gasteiger partial charge >= 0.3 is 0 Å². The minimum atomic E-state index is 0.433. The molecule has 0 aromatic carbocycles. The number of rotatable bonds is 7. The van der Waals surface area contributed by atoms with Gasteiger partial charge < -0.3 is 10.6 Å². The zero-order valence-electron chi connectivity index (χ0n) is 13.1. The van der Waals surface area contributed by atoms with Gasteiger partial charge in [0.1, 0.15) is 0 Å². The summed E-state index contributed by atoms with van der Waals surface area (Å²) in [5.41, 5.74) is 6.72. The predicted molar refractivity (Wildman–Crippen MR) is 80.8 cm³/mol. The quantitative estimate of drug-likeness (QED) is 0.751. The minimum absolute atomic E-state index is 0.433. The lowest BCUT2D eigenvalue weighted by atomic mass is 9.78. The first kappa shape index (κ1) is 16.0. The van der Waals surface area contributed by atoms with Crippen LogP contribution in [0.2, 0.25) is 0 Å². The monoisotopic (exact) mass is 254 g/mol. The van der Waals surface area contributed by atoms with Gasteiger partial charge in [-0.3, -0.25) is 0 Å². The van der Waals surface area contributed by atoms with Gasteiger partial charge in [0.15, 0.2) is 0 Å². The van der Waals surface area contributed by atoms with Crippen molar-refractivity contribution in [1.82, 2.24) is 4.90 Å². The van der Waals surface area contributed by atoms with Crippen LogP contribution in [0.1, 0.15) is 66.2 Å². The molecule has 0 aliphatic carbocycles. The molecule has 18 heavy (non-hydrogen) atoms. The first-order valence-corrected chi connectivity index (χ1v) is 7.83. The molecular weight excluding hydrogens is 220 g/mol. The van der Waals surface area contributed by atoms with Gasteiger partial charge in [0, 0.05) is 0 Å². The van der Waals surface area contributed by atoms with E-state index in [0.29, 0.717) is 10.8 Å². The molecule has 0 radical (unpaired) electrons. The van der Waals surface area contributed by atoms with Crippen molar-refractivity contribution in [3.05, 3.63) is 0 Å². The molecule has 0 amide bonds. The molecule has 1 rings (SSSR count). The van der Waals surface area contributed by atoms with Crippen LogP contribution >= 0.6 is 0 Å². The zero-order valence-corrected chi connectivity index (χ0v) is 13.1. The lowest BCUT2D eigenvalue weighted by Gasteiger charge is -2.39. The van der Waals surface area contributed by atoms with Gasteiger partial charge in [0.05, 0.1) is 0 Å². The van der Waals surface area contributed by atoms with E-state index in [0.717, 1.165) is 13.0 Å². The van der Waals surface area contributed by atoms with Crippen molar-refractivity contribution in [3.8, 4) is 0 Å². The maximum absolute atomic E-state index is 5.66. The molecule has 1 aliphatic heterocycles. The third-order valence-corrected chi connectivity index (χ3v) is 5.07. The Morgan fingerprint density at radius 1 is 1.17 bits per heavy atom. The molecule has 0 aromatic rings. The van der Waals surface area contributed by atoms with Crippen LogP contribution in [0.4, 0.5) is 0 Å². The van der Waals surface area contributed by atoms with Crippen molar-refractivity contribution >= 4 is 0 Å². The lowest BCUT2D eigenvalue weighted by Crippen LogP contribution is -2.39. The van der Waals surface area contributed by atoms with Crippen molar-refractivity contribution in [3.63, 3.8) is 0 Å². The highest BCUT2D eigenvalue weighted by molar-refractivity contribution is 4.81. The summed E-state index contributed by atoms with van der Waals surface area (Å²) in [6.45, 7) is 14.2. The molecule has 0 saturated carbocycles. The molecule has 1 saturated heterocycles. The van der Waals surface area contributed by atoms with Gasteiger partial charge in [-0.25, -0.2) is 0 Å². The summed E-state index contributed by atoms with van der Waals surface area (Å²) in [6, 6.07) is 0. The molecule has 1 aliphatic rings. The van der Waals surface area contributed by atoms with Crippen LogP contribution in [-0.4, -0.2) is 31.1 Å². The highest BCUT2D eigenvalue weighted by Gasteiger charge is 2.28. The molecule has 0 aromatic heterocycles. The normalized spacial score (nSPS) is 21.2. The molecule has 0 atom stereocenters. The Balaban J connectivity index is 2.18. The van der Waals surface area contributed by atoms with Crippen LogP contribution in [0.25, 0.3) is 0 Å². The van der Waals surface area contributed by atoms with E-state index >= 15 is 0 Å². The van der Waals surface area contributed by atoms with Crippen molar-refractivity contribution in [1.29, 1.82) is 0 Å². The fourth-order valence-corrected chi connectivity index (χ4v) is 2.97. The van der Waals surface area contributed by atoms with Crippen LogP contribution in [0.5, 0.6) is 0 Å². The van der Waals surface area contributed by atoms with E-state index in [1.54, 1.807) is 0 Å². The molecular formula is C16H34N2. The van der Waals surface area contributed by atoms with E-state index < -0.39 is 0 Å². The van der Waals surface area contributed by atoms with Crippen LogP contribution in [-0.2, 0) is 0 Å². The van der Waals surface area contributed by atoms with Crippen LogP contribution in [0, 0.1) is 10.8 Å². The number of piperidine rings is 1. The largest absolute Gasteiger partial charge is 0.330 e. The highest BCUT2D eigenvalue weighted by Crippen LogP contribution is 2.34. The van der Waals surface area contributed by atoms with Gasteiger partial charge in [0.2, 0.25) is 0 Å². The third-order valence-electron chi connectivity index (χ3n) is 5.07. The summed E-state index contributed by atoms with van der Waals surface area (Å²) in [4.78, 5) is 2.66. The molecule has 1 heterocycles. The Hall–Kier alpha value is -0.0800. The number of likely N-dealkylation sites (tertiary alicyclic amines) is 1. The van der Waals surface area contributed by atoms with E-state index in [-0.39, 0.29) is 0 Å². The minimum Gasteiger partial charge on any atom is -0.330 e. The van der Waals surface area contributed by atoms with Crippen LogP contribution < -0.4 is 5.73 Å².